The molecule has 0 aliphatic heterocycles. The molecule has 0 aliphatic rings. The van der Waals surface area contributed by atoms with Crippen molar-refractivity contribution < 1.29 is 14.3 Å². The Morgan fingerprint density at radius 3 is 2.61 bits per heavy atom. The smallest absolute Gasteiger partial charge is 0.258 e. The molecule has 2 heterocycles. The van der Waals surface area contributed by atoms with Crippen LogP contribution in [0.2, 0.25) is 0 Å². The highest BCUT2D eigenvalue weighted by molar-refractivity contribution is 5.85. The van der Waals surface area contributed by atoms with Gasteiger partial charge in [0, 0.05) is 12.7 Å². The van der Waals surface area contributed by atoms with Crippen molar-refractivity contribution in [1.82, 2.24) is 20.1 Å². The number of aryl methyl sites for hydroxylation is 3. The number of hydrogen-bond donors (Lipinski definition) is 1. The zero-order valence-electron chi connectivity index (χ0n) is 16.9. The molecule has 1 aromatic carbocycles. The number of ether oxygens (including phenoxy) is 2. The van der Waals surface area contributed by atoms with Crippen molar-refractivity contribution in [2.75, 3.05) is 13.7 Å². The average molecular weight is 382 g/mol. The Bertz CT molecular complexity index is 979. The highest BCUT2D eigenvalue weighted by Crippen LogP contribution is 2.27. The summed E-state index contributed by atoms with van der Waals surface area (Å²) in [5.41, 5.74) is 3.71. The van der Waals surface area contributed by atoms with Gasteiger partial charge in [-0.15, -0.1) is 5.10 Å². The summed E-state index contributed by atoms with van der Waals surface area (Å²) in [4.78, 5) is 17.0. The minimum absolute atomic E-state index is 0.0893. The third kappa shape index (κ3) is 4.08. The Hall–Kier alpha value is -3.09. The molecule has 0 fully saturated rings. The highest BCUT2D eigenvalue weighted by Gasteiger charge is 2.17. The molecule has 0 spiro atoms. The maximum atomic E-state index is 12.5. The van der Waals surface area contributed by atoms with Crippen molar-refractivity contribution in [3.8, 4) is 11.6 Å². The van der Waals surface area contributed by atoms with Crippen LogP contribution in [0, 0.1) is 13.8 Å². The Balaban J connectivity index is 1.69. The Labute approximate surface area is 164 Å². The van der Waals surface area contributed by atoms with E-state index in [0.29, 0.717) is 5.88 Å². The number of methoxy groups -OCH3 is 1. The third-order valence-corrected chi connectivity index (χ3v) is 4.69. The number of pyridine rings is 1. The number of carbonyl (C=O) groups is 1. The number of fused-ring (bicyclic) bond motifs is 1. The Kier molecular flexibility index (Phi) is 5.82. The molecule has 0 radical (unpaired) electrons. The molecule has 3 rings (SSSR count). The van der Waals surface area contributed by atoms with E-state index in [1.165, 1.54) is 0 Å². The van der Waals surface area contributed by atoms with E-state index in [0.717, 1.165) is 40.0 Å². The minimum Gasteiger partial charge on any atom is -0.497 e. The van der Waals surface area contributed by atoms with Gasteiger partial charge in [-0.2, -0.15) is 0 Å². The van der Waals surface area contributed by atoms with Crippen LogP contribution in [0.5, 0.6) is 11.6 Å². The van der Waals surface area contributed by atoms with Crippen LogP contribution in [0.1, 0.15) is 36.2 Å². The lowest BCUT2D eigenvalue weighted by molar-refractivity contribution is -0.123. The lowest BCUT2D eigenvalue weighted by Gasteiger charge is -2.18. The lowest BCUT2D eigenvalue weighted by atomic mass is 10.0. The summed E-state index contributed by atoms with van der Waals surface area (Å²) in [5, 5.41) is 8.23. The first-order valence-electron chi connectivity index (χ1n) is 9.30. The van der Waals surface area contributed by atoms with Gasteiger partial charge in [0.15, 0.2) is 12.3 Å². The molecular weight excluding hydrogens is 356 g/mol. The lowest BCUT2D eigenvalue weighted by Crippen LogP contribution is -2.32. The molecule has 148 valence electrons. The number of benzene rings is 1. The molecule has 1 amide bonds. The first kappa shape index (κ1) is 19.7. The molecular formula is C21H26N4O3. The monoisotopic (exact) mass is 382 g/mol. The number of amides is 1. The van der Waals surface area contributed by atoms with Crippen LogP contribution in [0.15, 0.2) is 30.3 Å². The number of nitrogens with one attached hydrogen (secondary N) is 1. The predicted molar refractivity (Wildman–Crippen MR) is 108 cm³/mol. The van der Waals surface area contributed by atoms with Crippen molar-refractivity contribution in [3.05, 3.63) is 47.2 Å². The van der Waals surface area contributed by atoms with Crippen LogP contribution in [-0.4, -0.2) is 34.4 Å². The van der Waals surface area contributed by atoms with Crippen LogP contribution in [-0.2, 0) is 11.8 Å². The maximum absolute atomic E-state index is 12.5. The van der Waals surface area contributed by atoms with E-state index in [1.54, 1.807) is 11.8 Å². The van der Waals surface area contributed by atoms with Gasteiger partial charge in [-0.3, -0.25) is 4.79 Å². The third-order valence-electron chi connectivity index (χ3n) is 4.69. The van der Waals surface area contributed by atoms with E-state index in [1.807, 2.05) is 58.2 Å². The van der Waals surface area contributed by atoms with Crippen LogP contribution < -0.4 is 14.8 Å². The first-order chi connectivity index (χ1) is 13.4. The van der Waals surface area contributed by atoms with Gasteiger partial charge >= 0.3 is 0 Å². The Morgan fingerprint density at radius 2 is 1.96 bits per heavy atom. The van der Waals surface area contributed by atoms with Gasteiger partial charge < -0.3 is 14.8 Å². The fourth-order valence-corrected chi connectivity index (χ4v) is 3.28. The topological polar surface area (TPSA) is 78.3 Å². The summed E-state index contributed by atoms with van der Waals surface area (Å²) >= 11 is 0. The molecule has 0 saturated heterocycles. The molecule has 2 aromatic heterocycles. The number of rotatable bonds is 7. The molecule has 28 heavy (non-hydrogen) atoms. The van der Waals surface area contributed by atoms with E-state index in [9.17, 15) is 4.79 Å². The second-order valence-corrected chi connectivity index (χ2v) is 6.80. The summed E-state index contributed by atoms with van der Waals surface area (Å²) in [6, 6.07) is 9.58. The second kappa shape index (κ2) is 8.29. The fourth-order valence-electron chi connectivity index (χ4n) is 3.28. The van der Waals surface area contributed by atoms with E-state index in [-0.39, 0.29) is 18.6 Å². The van der Waals surface area contributed by atoms with Crippen LogP contribution >= 0.6 is 0 Å². The zero-order valence-corrected chi connectivity index (χ0v) is 16.9. The van der Waals surface area contributed by atoms with Crippen molar-refractivity contribution in [2.24, 2.45) is 7.05 Å². The molecule has 1 unspecified atom stereocenters. The fraction of sp³-hybridized carbons (Fsp3) is 0.381. The molecule has 0 bridgehead atoms. The van der Waals surface area contributed by atoms with Gasteiger partial charge in [-0.25, -0.2) is 9.67 Å². The van der Waals surface area contributed by atoms with Crippen molar-refractivity contribution in [1.29, 1.82) is 0 Å². The summed E-state index contributed by atoms with van der Waals surface area (Å²) in [5.74, 6) is 1.02. The molecule has 1 atom stereocenters. The summed E-state index contributed by atoms with van der Waals surface area (Å²) in [6.07, 6.45) is 0.771. The van der Waals surface area contributed by atoms with Gasteiger partial charge in [0.05, 0.1) is 18.5 Å². The van der Waals surface area contributed by atoms with Gasteiger partial charge in [0.25, 0.3) is 5.91 Å². The summed E-state index contributed by atoms with van der Waals surface area (Å²) < 4.78 is 12.6. The Morgan fingerprint density at radius 1 is 1.25 bits per heavy atom. The number of carbonyl (C=O) groups excluding carboxylic acids is 1. The van der Waals surface area contributed by atoms with Gasteiger partial charge in [-0.05, 0) is 49.6 Å². The van der Waals surface area contributed by atoms with Crippen molar-refractivity contribution in [3.63, 3.8) is 0 Å². The predicted octanol–water partition coefficient (Wildman–Crippen LogP) is 3.24. The largest absolute Gasteiger partial charge is 0.497 e. The van der Waals surface area contributed by atoms with Gasteiger partial charge in [-0.1, -0.05) is 19.1 Å². The zero-order chi connectivity index (χ0) is 20.3. The number of nitrogens with zero attached hydrogens (tertiary/aromatic N) is 3. The SMILES string of the molecule is CCC(NC(=O)COc1nn(C)c2nc(C)cc(C)c12)c1ccc(OC)cc1. The van der Waals surface area contributed by atoms with Crippen molar-refractivity contribution in [2.45, 2.75) is 33.2 Å². The minimum atomic E-state index is -0.195. The normalized spacial score (nSPS) is 12.0. The van der Waals surface area contributed by atoms with Gasteiger partial charge in [0.2, 0.25) is 5.88 Å². The molecule has 7 heteroatoms. The van der Waals surface area contributed by atoms with E-state index in [4.69, 9.17) is 9.47 Å². The van der Waals surface area contributed by atoms with Crippen LogP contribution in [0.4, 0.5) is 0 Å². The molecule has 0 saturated carbocycles. The molecule has 1 N–H and O–H groups in total. The second-order valence-electron chi connectivity index (χ2n) is 6.80. The molecule has 7 nitrogen and oxygen atoms in total. The average Bonchev–Trinajstić information content (AvgIpc) is 3.00. The van der Waals surface area contributed by atoms with Gasteiger partial charge in [0.1, 0.15) is 5.75 Å². The van der Waals surface area contributed by atoms with Crippen molar-refractivity contribution >= 4 is 16.9 Å². The van der Waals surface area contributed by atoms with Crippen LogP contribution in [0.3, 0.4) is 0 Å². The summed E-state index contributed by atoms with van der Waals surface area (Å²) in [6.45, 7) is 5.85. The van der Waals surface area contributed by atoms with E-state index < -0.39 is 0 Å². The molecule has 0 aliphatic carbocycles. The van der Waals surface area contributed by atoms with E-state index in [2.05, 4.69) is 15.4 Å². The first-order valence-corrected chi connectivity index (χ1v) is 9.30. The standard InChI is InChI=1S/C21H26N4O3/c1-6-17(15-7-9-16(27-5)10-8-15)23-18(26)12-28-21-19-13(2)11-14(3)22-20(19)25(4)24-21/h7-11,17H,6,12H2,1-5H3,(H,23,26). The van der Waals surface area contributed by atoms with E-state index >= 15 is 0 Å². The number of aromatic nitrogens is 3. The quantitative estimate of drug-likeness (QED) is 0.679. The summed E-state index contributed by atoms with van der Waals surface area (Å²) in [7, 11) is 3.45. The number of hydrogen-bond acceptors (Lipinski definition) is 5. The maximum Gasteiger partial charge on any atom is 0.258 e. The van der Waals surface area contributed by atoms with Crippen LogP contribution in [0.25, 0.3) is 11.0 Å². The highest BCUT2D eigenvalue weighted by atomic mass is 16.5. The molecule has 3 aromatic rings.